The van der Waals surface area contributed by atoms with E-state index in [-0.39, 0.29) is 6.03 Å². The Balaban J connectivity index is 1.58. The van der Waals surface area contributed by atoms with Crippen LogP contribution < -0.4 is 10.6 Å². The second-order valence-electron chi connectivity index (χ2n) is 5.77. The number of carbonyl (C=O) groups is 2. The van der Waals surface area contributed by atoms with E-state index in [0.717, 1.165) is 18.8 Å². The summed E-state index contributed by atoms with van der Waals surface area (Å²) in [5, 5.41) is 0. The van der Waals surface area contributed by atoms with Gasteiger partial charge in [0.15, 0.2) is 0 Å². The minimum Gasteiger partial charge on any atom is -0.378 e. The lowest BCUT2D eigenvalue weighted by molar-refractivity contribution is 0.0428. The number of morpholine rings is 1. The van der Waals surface area contributed by atoms with Crippen LogP contribution in [-0.4, -0.2) is 74.2 Å². The second-order valence-corrected chi connectivity index (χ2v) is 5.77. The molecular weight excluding hydrogens is 296 g/mol. The van der Waals surface area contributed by atoms with Crippen LogP contribution in [0.3, 0.4) is 0 Å². The van der Waals surface area contributed by atoms with E-state index in [1.807, 2.05) is 28.0 Å². The number of amides is 3. The Morgan fingerprint density at radius 1 is 0.957 bits per heavy atom. The minimum absolute atomic E-state index is 0.0961. The van der Waals surface area contributed by atoms with E-state index < -0.39 is 5.91 Å². The monoisotopic (exact) mass is 318 g/mol. The van der Waals surface area contributed by atoms with Crippen LogP contribution in [0.25, 0.3) is 0 Å². The van der Waals surface area contributed by atoms with Gasteiger partial charge in [-0.2, -0.15) is 0 Å². The molecule has 2 fully saturated rings. The van der Waals surface area contributed by atoms with Gasteiger partial charge >= 0.3 is 6.03 Å². The molecule has 0 aliphatic carbocycles. The number of carbonyl (C=O) groups excluding carboxylic acids is 2. The molecule has 0 unspecified atom stereocenters. The quantitative estimate of drug-likeness (QED) is 0.854. The molecule has 2 aliphatic heterocycles. The van der Waals surface area contributed by atoms with Gasteiger partial charge in [0.1, 0.15) is 0 Å². The van der Waals surface area contributed by atoms with Crippen molar-refractivity contribution in [3.05, 3.63) is 29.8 Å². The Morgan fingerprint density at radius 3 is 2.26 bits per heavy atom. The molecular formula is C16H22N4O3. The van der Waals surface area contributed by atoms with Gasteiger partial charge in [0.05, 0.1) is 13.2 Å². The van der Waals surface area contributed by atoms with Crippen molar-refractivity contribution >= 4 is 17.6 Å². The molecule has 124 valence electrons. The largest absolute Gasteiger partial charge is 0.378 e. The van der Waals surface area contributed by atoms with E-state index >= 15 is 0 Å². The summed E-state index contributed by atoms with van der Waals surface area (Å²) in [5.74, 6) is -0.423. The number of ether oxygens (including phenoxy) is 1. The van der Waals surface area contributed by atoms with Gasteiger partial charge in [0, 0.05) is 50.5 Å². The highest BCUT2D eigenvalue weighted by molar-refractivity contribution is 5.93. The zero-order valence-corrected chi connectivity index (χ0v) is 13.1. The molecule has 7 nitrogen and oxygen atoms in total. The smallest absolute Gasteiger partial charge is 0.320 e. The highest BCUT2D eigenvalue weighted by Gasteiger charge is 2.26. The number of hydrogen-bond donors (Lipinski definition) is 1. The van der Waals surface area contributed by atoms with Crippen molar-refractivity contribution in [3.63, 3.8) is 0 Å². The van der Waals surface area contributed by atoms with E-state index in [4.69, 9.17) is 10.5 Å². The summed E-state index contributed by atoms with van der Waals surface area (Å²) in [7, 11) is 0. The predicted molar refractivity (Wildman–Crippen MR) is 86.5 cm³/mol. The third-order valence-corrected chi connectivity index (χ3v) is 4.33. The molecule has 23 heavy (non-hydrogen) atoms. The van der Waals surface area contributed by atoms with Crippen LogP contribution in [0.4, 0.5) is 10.5 Å². The number of primary amides is 1. The third kappa shape index (κ3) is 3.56. The maximum absolute atomic E-state index is 12.5. The topological polar surface area (TPSA) is 79.1 Å². The van der Waals surface area contributed by atoms with Crippen molar-refractivity contribution in [2.45, 2.75) is 0 Å². The van der Waals surface area contributed by atoms with Crippen molar-refractivity contribution in [1.29, 1.82) is 0 Å². The zero-order chi connectivity index (χ0) is 16.2. The maximum atomic E-state index is 12.5. The van der Waals surface area contributed by atoms with Gasteiger partial charge < -0.3 is 25.2 Å². The number of rotatable bonds is 2. The number of nitrogens with two attached hydrogens (primary N) is 1. The first-order chi connectivity index (χ1) is 11.1. The first-order valence-corrected chi connectivity index (χ1v) is 7.91. The van der Waals surface area contributed by atoms with E-state index in [0.29, 0.717) is 45.0 Å². The van der Waals surface area contributed by atoms with Crippen LogP contribution >= 0.6 is 0 Å². The summed E-state index contributed by atoms with van der Waals surface area (Å²) in [6, 6.07) is 7.41. The van der Waals surface area contributed by atoms with Gasteiger partial charge in [0.2, 0.25) is 5.91 Å². The van der Waals surface area contributed by atoms with E-state index in [9.17, 15) is 9.59 Å². The summed E-state index contributed by atoms with van der Waals surface area (Å²) < 4.78 is 5.28. The maximum Gasteiger partial charge on any atom is 0.320 e. The molecule has 2 N–H and O–H groups in total. The Kier molecular flexibility index (Phi) is 4.66. The Morgan fingerprint density at radius 2 is 1.61 bits per heavy atom. The summed E-state index contributed by atoms with van der Waals surface area (Å²) in [6.45, 7) is 5.42. The van der Waals surface area contributed by atoms with Crippen molar-refractivity contribution in [2.24, 2.45) is 5.73 Å². The molecule has 7 heteroatoms. The van der Waals surface area contributed by atoms with E-state index in [1.54, 1.807) is 6.07 Å². The molecule has 1 aromatic carbocycles. The first kappa shape index (κ1) is 15.6. The Labute approximate surface area is 135 Å². The van der Waals surface area contributed by atoms with Gasteiger partial charge in [-0.1, -0.05) is 6.07 Å². The molecule has 1 aromatic rings. The van der Waals surface area contributed by atoms with Crippen LogP contribution in [0, 0.1) is 0 Å². The highest BCUT2D eigenvalue weighted by Crippen LogP contribution is 2.18. The summed E-state index contributed by atoms with van der Waals surface area (Å²) in [5.41, 5.74) is 6.81. The standard InChI is InChI=1S/C16H22N4O3/c17-15(21)13-2-1-3-14(12-13)18-4-6-19(7-5-18)16(22)20-8-10-23-11-9-20/h1-3,12H,4-11H2,(H2,17,21). The Bertz CT molecular complexity index is 578. The summed E-state index contributed by atoms with van der Waals surface area (Å²) in [4.78, 5) is 29.7. The highest BCUT2D eigenvalue weighted by atomic mass is 16.5. The number of hydrogen-bond acceptors (Lipinski definition) is 4. The normalized spacial score (nSPS) is 18.9. The molecule has 0 bridgehead atoms. The fraction of sp³-hybridized carbons (Fsp3) is 0.500. The van der Waals surface area contributed by atoms with Gasteiger partial charge in [0.25, 0.3) is 0 Å². The number of piperazine rings is 1. The number of urea groups is 1. The van der Waals surface area contributed by atoms with E-state index in [1.165, 1.54) is 0 Å². The van der Waals surface area contributed by atoms with Gasteiger partial charge in [-0.05, 0) is 18.2 Å². The lowest BCUT2D eigenvalue weighted by Crippen LogP contribution is -2.54. The molecule has 3 amide bonds. The molecule has 0 saturated carbocycles. The van der Waals surface area contributed by atoms with Gasteiger partial charge in [-0.25, -0.2) is 4.79 Å². The average Bonchev–Trinajstić information content (AvgIpc) is 2.62. The lowest BCUT2D eigenvalue weighted by atomic mass is 10.1. The molecule has 2 aliphatic rings. The second kappa shape index (κ2) is 6.87. The van der Waals surface area contributed by atoms with Crippen molar-refractivity contribution in [1.82, 2.24) is 9.80 Å². The molecule has 3 rings (SSSR count). The third-order valence-electron chi connectivity index (χ3n) is 4.33. The van der Waals surface area contributed by atoms with Crippen LogP contribution in [0.15, 0.2) is 24.3 Å². The average molecular weight is 318 g/mol. The van der Waals surface area contributed by atoms with Gasteiger partial charge in [-0.15, -0.1) is 0 Å². The van der Waals surface area contributed by atoms with Gasteiger partial charge in [-0.3, -0.25) is 4.79 Å². The lowest BCUT2D eigenvalue weighted by Gasteiger charge is -2.39. The van der Waals surface area contributed by atoms with Crippen LogP contribution in [-0.2, 0) is 4.74 Å². The summed E-state index contributed by atoms with van der Waals surface area (Å²) >= 11 is 0. The van der Waals surface area contributed by atoms with Crippen LogP contribution in [0.5, 0.6) is 0 Å². The number of nitrogens with zero attached hydrogens (tertiary/aromatic N) is 3. The van der Waals surface area contributed by atoms with Crippen molar-refractivity contribution < 1.29 is 14.3 Å². The molecule has 0 atom stereocenters. The van der Waals surface area contributed by atoms with Crippen molar-refractivity contribution in [3.8, 4) is 0 Å². The fourth-order valence-corrected chi connectivity index (χ4v) is 2.97. The summed E-state index contributed by atoms with van der Waals surface area (Å²) in [6.07, 6.45) is 0. The van der Waals surface area contributed by atoms with Crippen LogP contribution in [0.1, 0.15) is 10.4 Å². The molecule has 0 spiro atoms. The fourth-order valence-electron chi connectivity index (χ4n) is 2.97. The molecule has 2 heterocycles. The number of benzene rings is 1. The minimum atomic E-state index is -0.423. The number of anilines is 1. The Hall–Kier alpha value is -2.28. The SMILES string of the molecule is NC(=O)c1cccc(N2CCN(C(=O)N3CCOCC3)CC2)c1. The van der Waals surface area contributed by atoms with Crippen molar-refractivity contribution in [2.75, 3.05) is 57.4 Å². The molecule has 0 aromatic heterocycles. The van der Waals surface area contributed by atoms with Crippen LogP contribution in [0.2, 0.25) is 0 Å². The molecule has 2 saturated heterocycles. The predicted octanol–water partition coefficient (Wildman–Crippen LogP) is 0.360. The zero-order valence-electron chi connectivity index (χ0n) is 13.1. The molecule has 0 radical (unpaired) electrons. The van der Waals surface area contributed by atoms with E-state index in [2.05, 4.69) is 4.90 Å². The first-order valence-electron chi connectivity index (χ1n) is 7.91.